The van der Waals surface area contributed by atoms with Crippen LogP contribution in [0.5, 0.6) is 0 Å². The molecule has 0 aromatic rings. The Morgan fingerprint density at radius 2 is 2.11 bits per heavy atom. The molecule has 0 saturated heterocycles. The summed E-state index contributed by atoms with van der Waals surface area (Å²) in [5.74, 6) is 2.98. The molecule has 0 aromatic carbocycles. The summed E-state index contributed by atoms with van der Waals surface area (Å²) < 4.78 is 0. The highest BCUT2D eigenvalue weighted by Gasteiger charge is 2.40. The molecule has 18 heavy (non-hydrogen) atoms. The third-order valence-corrected chi connectivity index (χ3v) is 5.31. The molecule has 2 bridgehead atoms. The normalized spacial score (nSPS) is 33.4. The predicted molar refractivity (Wildman–Crippen MR) is 74.0 cm³/mol. The van der Waals surface area contributed by atoms with Crippen LogP contribution in [0.1, 0.15) is 46.0 Å². The van der Waals surface area contributed by atoms with Gasteiger partial charge in [0, 0.05) is 13.6 Å². The van der Waals surface area contributed by atoms with Crippen LogP contribution in [-0.4, -0.2) is 30.4 Å². The molecule has 2 aliphatic carbocycles. The topological polar surface area (TPSA) is 46.3 Å². The van der Waals surface area contributed by atoms with Gasteiger partial charge < -0.3 is 10.6 Å². The Morgan fingerprint density at radius 3 is 2.61 bits per heavy atom. The van der Waals surface area contributed by atoms with Crippen molar-refractivity contribution in [2.24, 2.45) is 29.4 Å². The van der Waals surface area contributed by atoms with Gasteiger partial charge in [-0.2, -0.15) is 0 Å². The minimum Gasteiger partial charge on any atom is -0.344 e. The van der Waals surface area contributed by atoms with Gasteiger partial charge in [0.2, 0.25) is 5.91 Å². The van der Waals surface area contributed by atoms with Crippen molar-refractivity contribution in [2.75, 3.05) is 13.6 Å². The monoisotopic (exact) mass is 252 g/mol. The third-order valence-electron chi connectivity index (χ3n) is 5.31. The van der Waals surface area contributed by atoms with E-state index < -0.39 is 0 Å². The smallest absolute Gasteiger partial charge is 0.239 e. The number of nitrogens with two attached hydrogens (primary N) is 1. The highest BCUT2D eigenvalue weighted by molar-refractivity contribution is 5.81. The molecule has 2 rings (SSSR count). The molecule has 5 unspecified atom stereocenters. The first kappa shape index (κ1) is 13.9. The Hall–Kier alpha value is -0.570. The molecule has 2 saturated carbocycles. The molecule has 0 radical (unpaired) electrons. The van der Waals surface area contributed by atoms with Crippen molar-refractivity contribution in [3.8, 4) is 0 Å². The summed E-state index contributed by atoms with van der Waals surface area (Å²) in [5, 5.41) is 0. The summed E-state index contributed by atoms with van der Waals surface area (Å²) in [6.07, 6.45) is 6.51. The molecule has 0 aromatic heterocycles. The van der Waals surface area contributed by atoms with E-state index in [1.807, 2.05) is 11.9 Å². The second-order valence-corrected chi connectivity index (χ2v) is 6.57. The van der Waals surface area contributed by atoms with Crippen molar-refractivity contribution >= 4 is 5.91 Å². The van der Waals surface area contributed by atoms with Crippen molar-refractivity contribution in [1.82, 2.24) is 4.90 Å². The maximum absolute atomic E-state index is 12.2. The van der Waals surface area contributed by atoms with E-state index in [1.54, 1.807) is 0 Å². The molecular formula is C15H28N2O. The van der Waals surface area contributed by atoms with E-state index in [9.17, 15) is 4.79 Å². The number of fused-ring (bicyclic) bond motifs is 2. The minimum atomic E-state index is -0.321. The van der Waals surface area contributed by atoms with Crippen molar-refractivity contribution in [1.29, 1.82) is 0 Å². The third kappa shape index (κ3) is 2.71. The van der Waals surface area contributed by atoms with E-state index >= 15 is 0 Å². The van der Waals surface area contributed by atoms with Gasteiger partial charge >= 0.3 is 0 Å². The number of hydrogen-bond acceptors (Lipinski definition) is 2. The molecule has 3 heteroatoms. The van der Waals surface area contributed by atoms with Gasteiger partial charge in [0.05, 0.1) is 6.04 Å². The SMILES string of the molecule is CCC(C)C(N)C(=O)N(C)CC1CC2CCC1C2. The number of nitrogens with zero attached hydrogens (tertiary/aromatic N) is 1. The van der Waals surface area contributed by atoms with Crippen LogP contribution in [0.15, 0.2) is 0 Å². The largest absolute Gasteiger partial charge is 0.344 e. The first-order valence-corrected chi connectivity index (χ1v) is 7.53. The number of rotatable bonds is 5. The van der Waals surface area contributed by atoms with Gasteiger partial charge in [-0.3, -0.25) is 4.79 Å². The van der Waals surface area contributed by atoms with Crippen LogP contribution in [-0.2, 0) is 4.79 Å². The average Bonchev–Trinajstić information content (AvgIpc) is 2.98. The zero-order valence-electron chi connectivity index (χ0n) is 12.1. The van der Waals surface area contributed by atoms with E-state index in [4.69, 9.17) is 5.73 Å². The molecule has 1 amide bonds. The van der Waals surface area contributed by atoms with Gasteiger partial charge in [-0.05, 0) is 42.9 Å². The van der Waals surface area contributed by atoms with E-state index in [0.29, 0.717) is 0 Å². The molecule has 2 fully saturated rings. The second kappa shape index (κ2) is 5.60. The molecule has 2 N–H and O–H groups in total. The number of carbonyl (C=O) groups excluding carboxylic acids is 1. The number of hydrogen-bond donors (Lipinski definition) is 1. The molecule has 5 atom stereocenters. The van der Waals surface area contributed by atoms with Gasteiger partial charge in [0.1, 0.15) is 0 Å². The summed E-state index contributed by atoms with van der Waals surface area (Å²) in [6.45, 7) is 5.08. The summed E-state index contributed by atoms with van der Waals surface area (Å²) in [7, 11) is 1.93. The molecule has 0 heterocycles. The number of likely N-dealkylation sites (N-methyl/N-ethyl adjacent to an activating group) is 1. The molecule has 0 aliphatic heterocycles. The Bertz CT molecular complexity index is 305. The van der Waals surface area contributed by atoms with Crippen LogP contribution in [0, 0.1) is 23.7 Å². The second-order valence-electron chi connectivity index (χ2n) is 6.57. The van der Waals surface area contributed by atoms with E-state index in [0.717, 1.165) is 30.7 Å². The van der Waals surface area contributed by atoms with E-state index in [1.165, 1.54) is 25.7 Å². The van der Waals surface area contributed by atoms with Gasteiger partial charge in [0.15, 0.2) is 0 Å². The van der Waals surface area contributed by atoms with Crippen LogP contribution in [0.4, 0.5) is 0 Å². The molecule has 104 valence electrons. The summed E-state index contributed by atoms with van der Waals surface area (Å²) in [6, 6.07) is -0.321. The summed E-state index contributed by atoms with van der Waals surface area (Å²) in [4.78, 5) is 14.1. The van der Waals surface area contributed by atoms with Crippen LogP contribution in [0.2, 0.25) is 0 Å². The first-order valence-electron chi connectivity index (χ1n) is 7.53. The Balaban J connectivity index is 1.84. The lowest BCUT2D eigenvalue weighted by molar-refractivity contribution is -0.133. The number of amides is 1. The lowest BCUT2D eigenvalue weighted by Crippen LogP contribution is -2.47. The quantitative estimate of drug-likeness (QED) is 0.816. The van der Waals surface area contributed by atoms with E-state index in [-0.39, 0.29) is 17.9 Å². The Morgan fingerprint density at radius 1 is 1.39 bits per heavy atom. The van der Waals surface area contributed by atoms with Crippen molar-refractivity contribution in [3.63, 3.8) is 0 Å². The predicted octanol–water partition coefficient (Wildman–Crippen LogP) is 2.25. The summed E-state index contributed by atoms with van der Waals surface area (Å²) in [5.41, 5.74) is 6.03. The fourth-order valence-corrected chi connectivity index (χ4v) is 3.79. The highest BCUT2D eigenvalue weighted by Crippen LogP contribution is 2.48. The number of carbonyl (C=O) groups is 1. The van der Waals surface area contributed by atoms with Gasteiger partial charge in [-0.25, -0.2) is 0 Å². The zero-order valence-corrected chi connectivity index (χ0v) is 12.1. The highest BCUT2D eigenvalue weighted by atomic mass is 16.2. The maximum Gasteiger partial charge on any atom is 0.239 e. The fourth-order valence-electron chi connectivity index (χ4n) is 3.79. The molecule has 0 spiro atoms. The van der Waals surface area contributed by atoms with Gasteiger partial charge in [0.25, 0.3) is 0 Å². The van der Waals surface area contributed by atoms with Crippen LogP contribution in [0.25, 0.3) is 0 Å². The maximum atomic E-state index is 12.2. The Labute approximate surface area is 111 Å². The lowest BCUT2D eigenvalue weighted by Gasteiger charge is -2.30. The molecule has 2 aliphatic rings. The fraction of sp³-hybridized carbons (Fsp3) is 0.933. The zero-order chi connectivity index (χ0) is 13.3. The minimum absolute atomic E-state index is 0.132. The lowest BCUT2D eigenvalue weighted by atomic mass is 9.88. The van der Waals surface area contributed by atoms with Gasteiger partial charge in [-0.15, -0.1) is 0 Å². The molecular weight excluding hydrogens is 224 g/mol. The Kier molecular flexibility index (Phi) is 4.31. The average molecular weight is 252 g/mol. The summed E-state index contributed by atoms with van der Waals surface area (Å²) >= 11 is 0. The van der Waals surface area contributed by atoms with Crippen molar-refractivity contribution in [3.05, 3.63) is 0 Å². The van der Waals surface area contributed by atoms with E-state index in [2.05, 4.69) is 13.8 Å². The van der Waals surface area contributed by atoms with Crippen LogP contribution >= 0.6 is 0 Å². The molecule has 3 nitrogen and oxygen atoms in total. The first-order chi connectivity index (χ1) is 8.52. The van der Waals surface area contributed by atoms with Crippen LogP contribution < -0.4 is 5.73 Å². The van der Waals surface area contributed by atoms with Gasteiger partial charge in [-0.1, -0.05) is 26.7 Å². The van der Waals surface area contributed by atoms with Crippen molar-refractivity contribution in [2.45, 2.75) is 52.0 Å². The standard InChI is InChI=1S/C15H28N2O/c1-4-10(2)14(16)15(18)17(3)9-13-8-11-5-6-12(13)7-11/h10-14H,4-9,16H2,1-3H3. The van der Waals surface area contributed by atoms with Crippen molar-refractivity contribution < 1.29 is 4.79 Å². The van der Waals surface area contributed by atoms with Crippen LogP contribution in [0.3, 0.4) is 0 Å².